The molecule has 0 atom stereocenters. The van der Waals surface area contributed by atoms with Gasteiger partial charge in [-0.15, -0.1) is 0 Å². The first-order valence-corrected chi connectivity index (χ1v) is 4.01. The fraction of sp³-hybridized carbons (Fsp3) is 0.778. The molecule has 0 radical (unpaired) electrons. The molecule has 0 heterocycles. The number of carbonyl (C=O) groups is 2. The predicted molar refractivity (Wildman–Crippen MR) is 45.7 cm³/mol. The van der Waals surface area contributed by atoms with Gasteiger partial charge >= 0.3 is 5.97 Å². The zero-order chi connectivity index (χ0) is 9.94. The number of esters is 1. The van der Waals surface area contributed by atoms with E-state index in [1.54, 1.807) is 34.6 Å². The summed E-state index contributed by atoms with van der Waals surface area (Å²) in [5, 5.41) is 0. The Morgan fingerprint density at radius 3 is 1.83 bits per heavy atom. The van der Waals surface area contributed by atoms with Gasteiger partial charge in [0.1, 0.15) is 5.60 Å². The topological polar surface area (TPSA) is 43.4 Å². The average molecular weight is 172 g/mol. The summed E-state index contributed by atoms with van der Waals surface area (Å²) in [6.07, 6.45) is 0. The molecular weight excluding hydrogens is 156 g/mol. The van der Waals surface area contributed by atoms with Crippen molar-refractivity contribution >= 4 is 11.8 Å². The lowest BCUT2D eigenvalue weighted by Gasteiger charge is -2.19. The van der Waals surface area contributed by atoms with Crippen molar-refractivity contribution in [3.8, 4) is 0 Å². The molecule has 0 aliphatic carbocycles. The van der Waals surface area contributed by atoms with Crippen LogP contribution in [0.15, 0.2) is 0 Å². The largest absolute Gasteiger partial charge is 0.454 e. The summed E-state index contributed by atoms with van der Waals surface area (Å²) >= 11 is 0. The van der Waals surface area contributed by atoms with E-state index in [1.165, 1.54) is 0 Å². The molecule has 0 aromatic rings. The number of Topliss-reactive ketones (excluding diaryl/α,β-unsaturated/α-hetero) is 1. The molecule has 0 bridgehead atoms. The van der Waals surface area contributed by atoms with Crippen LogP contribution in [0.4, 0.5) is 0 Å². The van der Waals surface area contributed by atoms with Crippen LogP contribution in [0, 0.1) is 5.92 Å². The van der Waals surface area contributed by atoms with Crippen LogP contribution in [0.2, 0.25) is 0 Å². The Bertz CT molecular complexity index is 186. The van der Waals surface area contributed by atoms with Gasteiger partial charge in [-0.2, -0.15) is 0 Å². The van der Waals surface area contributed by atoms with Crippen molar-refractivity contribution in [2.45, 2.75) is 40.2 Å². The van der Waals surface area contributed by atoms with Crippen LogP contribution in [-0.2, 0) is 14.3 Å². The summed E-state index contributed by atoms with van der Waals surface area (Å²) in [6, 6.07) is 0. The zero-order valence-electron chi connectivity index (χ0n) is 8.30. The van der Waals surface area contributed by atoms with Crippen molar-refractivity contribution in [1.29, 1.82) is 0 Å². The van der Waals surface area contributed by atoms with Crippen LogP contribution in [0.5, 0.6) is 0 Å². The maximum absolute atomic E-state index is 11.0. The Morgan fingerprint density at radius 2 is 1.58 bits per heavy atom. The van der Waals surface area contributed by atoms with Crippen molar-refractivity contribution < 1.29 is 14.3 Å². The van der Waals surface area contributed by atoms with Gasteiger partial charge in [-0.05, 0) is 20.8 Å². The molecule has 0 rings (SSSR count). The first-order chi connectivity index (χ1) is 5.24. The van der Waals surface area contributed by atoms with E-state index < -0.39 is 17.4 Å². The van der Waals surface area contributed by atoms with Gasteiger partial charge in [0.2, 0.25) is 5.78 Å². The van der Waals surface area contributed by atoms with Crippen molar-refractivity contribution in [2.24, 2.45) is 5.92 Å². The normalized spacial score (nSPS) is 11.5. The minimum atomic E-state index is -0.738. The van der Waals surface area contributed by atoms with Gasteiger partial charge in [-0.3, -0.25) is 4.79 Å². The SMILES string of the molecule is CC(C)C(=O)C(=O)OC(C)(C)C. The van der Waals surface area contributed by atoms with Gasteiger partial charge in [-0.1, -0.05) is 13.8 Å². The molecule has 3 heteroatoms. The van der Waals surface area contributed by atoms with E-state index in [0.29, 0.717) is 0 Å². The van der Waals surface area contributed by atoms with Crippen molar-refractivity contribution in [3.63, 3.8) is 0 Å². The monoisotopic (exact) mass is 172 g/mol. The van der Waals surface area contributed by atoms with E-state index >= 15 is 0 Å². The lowest BCUT2D eigenvalue weighted by atomic mass is 10.1. The summed E-state index contributed by atoms with van der Waals surface area (Å²) in [6.45, 7) is 8.55. The predicted octanol–water partition coefficient (Wildman–Crippen LogP) is 1.55. The number of hydrogen-bond donors (Lipinski definition) is 0. The molecule has 0 aromatic heterocycles. The van der Waals surface area contributed by atoms with Crippen molar-refractivity contribution in [2.75, 3.05) is 0 Å². The first kappa shape index (κ1) is 11.1. The third-order valence-corrected chi connectivity index (χ3v) is 1.12. The molecule has 0 unspecified atom stereocenters. The van der Waals surface area contributed by atoms with E-state index in [9.17, 15) is 9.59 Å². The number of carbonyl (C=O) groups excluding carboxylic acids is 2. The van der Waals surface area contributed by atoms with Crippen LogP contribution < -0.4 is 0 Å². The molecule has 0 aliphatic rings. The van der Waals surface area contributed by atoms with Crippen LogP contribution in [0.3, 0.4) is 0 Å². The molecule has 0 N–H and O–H groups in total. The Hall–Kier alpha value is -0.860. The highest BCUT2D eigenvalue weighted by Crippen LogP contribution is 2.08. The molecule has 70 valence electrons. The third kappa shape index (κ3) is 4.11. The lowest BCUT2D eigenvalue weighted by molar-refractivity contribution is -0.163. The fourth-order valence-electron chi connectivity index (χ4n) is 0.564. The zero-order valence-corrected chi connectivity index (χ0v) is 8.30. The molecule has 3 nitrogen and oxygen atoms in total. The van der Waals surface area contributed by atoms with Crippen molar-refractivity contribution in [1.82, 2.24) is 0 Å². The fourth-order valence-corrected chi connectivity index (χ4v) is 0.564. The maximum atomic E-state index is 11.0. The number of hydrogen-bond acceptors (Lipinski definition) is 3. The maximum Gasteiger partial charge on any atom is 0.375 e. The Morgan fingerprint density at radius 1 is 1.17 bits per heavy atom. The molecule has 0 amide bonds. The van der Waals surface area contributed by atoms with E-state index in [4.69, 9.17) is 4.74 Å². The van der Waals surface area contributed by atoms with Gasteiger partial charge in [0.05, 0.1) is 0 Å². The first-order valence-electron chi connectivity index (χ1n) is 4.01. The molecule has 0 spiro atoms. The van der Waals surface area contributed by atoms with E-state index in [2.05, 4.69) is 0 Å². The summed E-state index contributed by atoms with van der Waals surface area (Å²) < 4.78 is 4.87. The van der Waals surface area contributed by atoms with Gasteiger partial charge in [0.15, 0.2) is 0 Å². The molecule has 0 fully saturated rings. The van der Waals surface area contributed by atoms with Gasteiger partial charge < -0.3 is 4.74 Å². The lowest BCUT2D eigenvalue weighted by Crippen LogP contribution is -2.31. The highest BCUT2D eigenvalue weighted by atomic mass is 16.6. The minimum Gasteiger partial charge on any atom is -0.454 e. The average Bonchev–Trinajstić information content (AvgIpc) is 1.82. The van der Waals surface area contributed by atoms with Gasteiger partial charge in [-0.25, -0.2) is 4.79 Å². The van der Waals surface area contributed by atoms with E-state index in [-0.39, 0.29) is 5.92 Å². The highest BCUT2D eigenvalue weighted by molar-refractivity contribution is 6.34. The minimum absolute atomic E-state index is 0.292. The number of rotatable bonds is 2. The quantitative estimate of drug-likeness (QED) is 0.469. The molecule has 0 aromatic carbocycles. The molecule has 12 heavy (non-hydrogen) atoms. The van der Waals surface area contributed by atoms with E-state index in [1.807, 2.05) is 0 Å². The molecular formula is C9H16O3. The molecule has 0 saturated heterocycles. The Balaban J connectivity index is 4.15. The summed E-state index contributed by atoms with van der Waals surface area (Å²) in [4.78, 5) is 22.1. The third-order valence-electron chi connectivity index (χ3n) is 1.12. The molecule has 0 aliphatic heterocycles. The Labute approximate surface area is 73.1 Å². The van der Waals surface area contributed by atoms with Crippen LogP contribution in [0.1, 0.15) is 34.6 Å². The smallest absolute Gasteiger partial charge is 0.375 e. The summed E-state index contributed by atoms with van der Waals surface area (Å²) in [5.74, 6) is -1.50. The second-order valence-corrected chi connectivity index (χ2v) is 4.02. The van der Waals surface area contributed by atoms with Gasteiger partial charge in [0.25, 0.3) is 0 Å². The standard InChI is InChI=1S/C9H16O3/c1-6(2)7(10)8(11)12-9(3,4)5/h6H,1-5H3. The van der Waals surface area contributed by atoms with E-state index in [0.717, 1.165) is 0 Å². The van der Waals surface area contributed by atoms with Gasteiger partial charge in [0, 0.05) is 5.92 Å². The highest BCUT2D eigenvalue weighted by Gasteiger charge is 2.24. The second kappa shape index (κ2) is 3.70. The van der Waals surface area contributed by atoms with Crippen LogP contribution >= 0.6 is 0 Å². The Kier molecular flexibility index (Phi) is 3.43. The summed E-state index contributed by atoms with van der Waals surface area (Å²) in [5.41, 5.74) is -0.582. The van der Waals surface area contributed by atoms with Crippen molar-refractivity contribution in [3.05, 3.63) is 0 Å². The summed E-state index contributed by atoms with van der Waals surface area (Å²) in [7, 11) is 0. The number of ether oxygens (including phenoxy) is 1. The van der Waals surface area contributed by atoms with Crippen LogP contribution in [-0.4, -0.2) is 17.4 Å². The number of ketones is 1. The molecule has 0 saturated carbocycles. The van der Waals surface area contributed by atoms with Crippen LogP contribution in [0.25, 0.3) is 0 Å². The second-order valence-electron chi connectivity index (χ2n) is 4.02.